The second kappa shape index (κ2) is 19.4. The van der Waals surface area contributed by atoms with Crippen LogP contribution < -0.4 is 15.1 Å². The third-order valence-electron chi connectivity index (χ3n) is 14.7. The van der Waals surface area contributed by atoms with Gasteiger partial charge in [-0.1, -0.05) is 87.4 Å². The number of hydrogen-bond donors (Lipinski definition) is 0. The maximum atomic E-state index is 12.7. The lowest BCUT2D eigenvalue weighted by atomic mass is 9.71. The first-order valence-electron chi connectivity index (χ1n) is 23.6. The van der Waals surface area contributed by atoms with Crippen molar-refractivity contribution in [1.29, 1.82) is 0 Å². The van der Waals surface area contributed by atoms with Crippen molar-refractivity contribution in [1.82, 2.24) is 14.7 Å². The van der Waals surface area contributed by atoms with E-state index in [0.29, 0.717) is 47.5 Å². The Bertz CT molecular complexity index is 2260. The van der Waals surface area contributed by atoms with Crippen molar-refractivity contribution < 1.29 is 33.0 Å². The molecule has 0 radical (unpaired) electrons. The van der Waals surface area contributed by atoms with Gasteiger partial charge in [0, 0.05) is 44.2 Å². The Kier molecular flexibility index (Phi) is 13.3. The zero-order valence-corrected chi connectivity index (χ0v) is 37.2. The van der Waals surface area contributed by atoms with Crippen LogP contribution in [0.2, 0.25) is 0 Å². The molecule has 6 aliphatic heterocycles. The number of rotatable bonds is 9. The van der Waals surface area contributed by atoms with Gasteiger partial charge < -0.3 is 28.3 Å². The molecule has 0 N–H and O–H groups in total. The monoisotopic (exact) mass is 857 g/mol. The minimum atomic E-state index is -0.586. The highest BCUT2D eigenvalue weighted by Crippen LogP contribution is 2.50. The number of carbonyl (C=O) groups is 2. The number of esters is 1. The summed E-state index contributed by atoms with van der Waals surface area (Å²) < 4.78 is 27.7. The van der Waals surface area contributed by atoms with E-state index in [9.17, 15) is 14.4 Å². The third-order valence-corrected chi connectivity index (χ3v) is 14.7. The van der Waals surface area contributed by atoms with Crippen molar-refractivity contribution >= 4 is 22.7 Å². The Balaban J connectivity index is 0.000000121. The fourth-order valence-electron chi connectivity index (χ4n) is 11.6. The number of ketones is 1. The van der Waals surface area contributed by atoms with E-state index in [2.05, 4.69) is 28.5 Å². The Hall–Kier alpha value is -4.97. The molecule has 11 nitrogen and oxygen atoms in total. The number of hydrogen-bond acceptors (Lipinski definition) is 11. The van der Waals surface area contributed by atoms with Crippen molar-refractivity contribution in [3.05, 3.63) is 117 Å². The summed E-state index contributed by atoms with van der Waals surface area (Å²) in [5.41, 5.74) is 3.42. The van der Waals surface area contributed by atoms with Crippen molar-refractivity contribution in [3.63, 3.8) is 0 Å². The van der Waals surface area contributed by atoms with Gasteiger partial charge in [-0.25, -0.2) is 4.79 Å². The molecule has 63 heavy (non-hydrogen) atoms. The predicted molar refractivity (Wildman–Crippen MR) is 243 cm³/mol. The second-order valence-corrected chi connectivity index (χ2v) is 18.2. The number of nitrogens with zero attached hydrogens (tertiary/aromatic N) is 3. The van der Waals surface area contributed by atoms with Gasteiger partial charge in [-0.3, -0.25) is 19.4 Å². The lowest BCUT2D eigenvalue weighted by Gasteiger charge is -2.57. The number of benzene rings is 3. The predicted octanol–water partition coefficient (Wildman–Crippen LogP) is 8.33. The zero-order valence-electron chi connectivity index (χ0n) is 37.2. The Morgan fingerprint density at radius 2 is 1.49 bits per heavy atom. The largest absolute Gasteiger partial charge is 0.496 e. The van der Waals surface area contributed by atoms with E-state index in [1.54, 1.807) is 25.9 Å². The molecule has 11 rings (SSSR count). The van der Waals surface area contributed by atoms with E-state index >= 15 is 0 Å². The topological polar surface area (TPSA) is 111 Å². The van der Waals surface area contributed by atoms with Crippen molar-refractivity contribution in [3.8, 4) is 11.5 Å². The fourth-order valence-corrected chi connectivity index (χ4v) is 11.6. The molecule has 2 bridgehead atoms. The summed E-state index contributed by atoms with van der Waals surface area (Å²) in [7, 11) is 1.54. The molecule has 0 spiro atoms. The summed E-state index contributed by atoms with van der Waals surface area (Å²) >= 11 is 0. The summed E-state index contributed by atoms with van der Waals surface area (Å²) in [6, 6.07) is 23.3. The average Bonchev–Trinajstić information content (AvgIpc) is 4.04. The number of Topliss-reactive ketones (excluding diaryl/α,β-unsaturated/α-hetero) is 1. The first-order chi connectivity index (χ1) is 30.9. The molecule has 3 aromatic carbocycles. The number of carbonyl (C=O) groups excluding carboxylic acids is 2. The van der Waals surface area contributed by atoms with Crippen LogP contribution in [0, 0.1) is 11.8 Å². The van der Waals surface area contributed by atoms with Gasteiger partial charge in [0.15, 0.2) is 5.78 Å². The molecule has 11 heteroatoms. The Morgan fingerprint density at radius 1 is 0.857 bits per heavy atom. The molecule has 334 valence electrons. The van der Waals surface area contributed by atoms with E-state index in [1.165, 1.54) is 64.7 Å². The molecule has 4 fully saturated rings. The van der Waals surface area contributed by atoms with Crippen LogP contribution >= 0.6 is 0 Å². The molecule has 6 atom stereocenters. The lowest BCUT2D eigenvalue weighted by Crippen LogP contribution is -2.63. The SMILES string of the molecule is C1CCN2C[C@@H]3C[C@@H](CN4CCCC[C@@H]34)[C@H]2C1.CCN(CC)CCOC(=O)C(c1ccccc1)c1ccccc1.COc1cc2c(c3oc(=O)c4c(c13)CCC4=O)C1C=COC1O2. The molecular formula is C52H63N3O8. The summed E-state index contributed by atoms with van der Waals surface area (Å²) in [5, 5.41) is 0.691. The van der Waals surface area contributed by atoms with Crippen LogP contribution in [-0.2, 0) is 20.7 Å². The third kappa shape index (κ3) is 8.81. The first kappa shape index (κ1) is 43.3. The fraction of sp³-hybridized carbons (Fsp3) is 0.519. The van der Waals surface area contributed by atoms with Crippen LogP contribution in [0.4, 0.5) is 0 Å². The summed E-state index contributed by atoms with van der Waals surface area (Å²) in [6.45, 7) is 13.0. The Morgan fingerprint density at radius 3 is 2.10 bits per heavy atom. The average molecular weight is 858 g/mol. The number of aryl methyl sites for hydroxylation is 1. The highest BCUT2D eigenvalue weighted by molar-refractivity contribution is 6.06. The van der Waals surface area contributed by atoms with E-state index in [1.807, 2.05) is 66.7 Å². The quantitative estimate of drug-likeness (QED) is 0.120. The van der Waals surface area contributed by atoms with Crippen LogP contribution in [-0.4, -0.2) is 104 Å². The van der Waals surface area contributed by atoms with Crippen LogP contribution in [0.25, 0.3) is 11.0 Å². The zero-order chi connectivity index (χ0) is 43.5. The second-order valence-electron chi connectivity index (χ2n) is 18.2. The molecular weight excluding hydrogens is 795 g/mol. The van der Waals surface area contributed by atoms with Crippen LogP contribution in [0.5, 0.6) is 11.5 Å². The van der Waals surface area contributed by atoms with Crippen LogP contribution in [0.15, 0.2) is 88.3 Å². The molecule has 0 amide bonds. The smallest absolute Gasteiger partial charge is 0.347 e. The molecule has 1 aromatic heterocycles. The van der Waals surface area contributed by atoms with Gasteiger partial charge in [0.2, 0.25) is 0 Å². The summed E-state index contributed by atoms with van der Waals surface area (Å²) in [4.78, 5) is 44.9. The molecule has 7 heterocycles. The number of likely N-dealkylation sites (N-methyl/N-ethyl adjacent to an activating group) is 1. The molecule has 7 aliphatic rings. The number of piperidine rings is 4. The maximum absolute atomic E-state index is 12.7. The standard InChI is InChI=1S/C20H25NO2.C17H12O6.C15H26N2/c1-3-21(4-2)15-16-23-20(22)19(17-11-7-5-8-12-17)18-13-9-6-10-14-18;1-20-10-6-11-14(8-4-5-21-17(8)22-11)15-13(10)7-2-3-9(18)12(7)16(19)23-15;1-3-7-16-11-13-9-12(14(16)5-1)10-17-8-4-2-6-15(13)17/h5-14,19H,3-4,15-16H2,1-2H3;4-6,8,17H,2-3H2,1H3;12-15H,1-11H2/t;;12-,13-,14-,15+/m..0/s1. The van der Waals surface area contributed by atoms with Gasteiger partial charge >= 0.3 is 11.6 Å². The van der Waals surface area contributed by atoms with Gasteiger partial charge in [0.1, 0.15) is 35.2 Å². The first-order valence-corrected chi connectivity index (χ1v) is 23.6. The molecule has 1 aliphatic carbocycles. The molecule has 2 unspecified atom stereocenters. The van der Waals surface area contributed by atoms with Gasteiger partial charge in [0.25, 0.3) is 6.29 Å². The maximum Gasteiger partial charge on any atom is 0.347 e. The van der Waals surface area contributed by atoms with E-state index in [0.717, 1.165) is 60.2 Å². The highest BCUT2D eigenvalue weighted by Gasteiger charge is 2.46. The number of ether oxygens (including phenoxy) is 4. The van der Waals surface area contributed by atoms with Gasteiger partial charge in [0.05, 0.1) is 30.2 Å². The molecule has 0 saturated carbocycles. The minimum Gasteiger partial charge on any atom is -0.496 e. The number of methoxy groups -OCH3 is 1. The van der Waals surface area contributed by atoms with Crippen molar-refractivity contribution in [2.75, 3.05) is 59.5 Å². The summed E-state index contributed by atoms with van der Waals surface area (Å²) in [5.74, 6) is 2.31. The molecule has 4 aromatic rings. The summed E-state index contributed by atoms with van der Waals surface area (Å²) in [6.07, 6.45) is 14.3. The van der Waals surface area contributed by atoms with Gasteiger partial charge in [-0.2, -0.15) is 0 Å². The van der Waals surface area contributed by atoms with Crippen molar-refractivity contribution in [2.45, 2.75) is 102 Å². The van der Waals surface area contributed by atoms with Crippen LogP contribution in [0.3, 0.4) is 0 Å². The van der Waals surface area contributed by atoms with Crippen molar-refractivity contribution in [2.24, 2.45) is 11.8 Å². The number of fused-ring (bicyclic) bond motifs is 13. The van der Waals surface area contributed by atoms with E-state index < -0.39 is 11.9 Å². The molecule has 4 saturated heterocycles. The highest BCUT2D eigenvalue weighted by atomic mass is 16.7. The normalized spacial score (nSPS) is 25.3. The van der Waals surface area contributed by atoms with Crippen LogP contribution in [0.1, 0.15) is 110 Å². The van der Waals surface area contributed by atoms with E-state index in [-0.39, 0.29) is 29.2 Å². The Labute approximate surface area is 371 Å². The lowest BCUT2D eigenvalue weighted by molar-refractivity contribution is -0.144. The minimum absolute atomic E-state index is 0.128. The van der Waals surface area contributed by atoms with Gasteiger partial charge in [-0.05, 0) is 99.3 Å². The van der Waals surface area contributed by atoms with Gasteiger partial charge in [-0.15, -0.1) is 0 Å². The van der Waals surface area contributed by atoms with E-state index in [4.69, 9.17) is 23.4 Å².